The van der Waals surface area contributed by atoms with Crippen molar-refractivity contribution in [1.82, 2.24) is 9.88 Å². The zero-order chi connectivity index (χ0) is 23.2. The molecule has 2 amide bonds. The Labute approximate surface area is 214 Å². The molecule has 1 fully saturated rings. The lowest BCUT2D eigenvalue weighted by molar-refractivity contribution is -0.122. The molecule has 1 N–H and O–H groups in total. The highest BCUT2D eigenvalue weighted by Crippen LogP contribution is 2.32. The summed E-state index contributed by atoms with van der Waals surface area (Å²) in [7, 11) is 0. The van der Waals surface area contributed by atoms with E-state index in [1.165, 1.54) is 11.0 Å². The summed E-state index contributed by atoms with van der Waals surface area (Å²) >= 11 is 19.8. The van der Waals surface area contributed by atoms with Gasteiger partial charge >= 0.3 is 0 Å². The standard InChI is InChI=1S/C23H16Cl2IN3O2S/c1-12-9-14(13(2)28(12)17-6-4-16(26)5-7-17)10-18-21(30)27-23(32)29(22(18)31)20-8-3-15(24)11-19(20)25/h3-11H,1-2H3,(H,27,30,32). The highest BCUT2D eigenvalue weighted by atomic mass is 127. The molecule has 0 saturated carbocycles. The number of thiocarbonyl (C=S) groups is 1. The van der Waals surface area contributed by atoms with Crippen LogP contribution in [0.5, 0.6) is 0 Å². The van der Waals surface area contributed by atoms with Crippen LogP contribution >= 0.6 is 58.0 Å². The molecule has 2 heterocycles. The van der Waals surface area contributed by atoms with Gasteiger partial charge in [-0.05, 0) is 109 Å². The predicted molar refractivity (Wildman–Crippen MR) is 141 cm³/mol. The third-order valence-electron chi connectivity index (χ3n) is 5.11. The summed E-state index contributed by atoms with van der Waals surface area (Å²) in [5.41, 5.74) is 3.96. The predicted octanol–water partition coefficient (Wildman–Crippen LogP) is 5.84. The van der Waals surface area contributed by atoms with Gasteiger partial charge < -0.3 is 4.57 Å². The Bertz CT molecular complexity index is 1320. The van der Waals surface area contributed by atoms with Gasteiger partial charge in [0.25, 0.3) is 11.8 Å². The Morgan fingerprint density at radius 3 is 2.38 bits per heavy atom. The number of nitrogens with zero attached hydrogens (tertiary/aromatic N) is 2. The fraction of sp³-hybridized carbons (Fsp3) is 0.0870. The normalized spacial score (nSPS) is 15.5. The Hall–Kier alpha value is -2.20. The first kappa shape index (κ1) is 23.0. The zero-order valence-corrected chi connectivity index (χ0v) is 21.4. The molecule has 0 atom stereocenters. The maximum atomic E-state index is 13.3. The number of hydrogen-bond acceptors (Lipinski definition) is 3. The SMILES string of the molecule is Cc1cc(C=C2C(=O)NC(=S)N(c3ccc(Cl)cc3Cl)C2=O)c(C)n1-c1ccc(I)cc1. The Morgan fingerprint density at radius 2 is 1.72 bits per heavy atom. The van der Waals surface area contributed by atoms with Gasteiger partial charge in [-0.1, -0.05) is 23.2 Å². The number of benzene rings is 2. The van der Waals surface area contributed by atoms with Crippen molar-refractivity contribution in [3.05, 3.63) is 84.7 Å². The molecule has 0 radical (unpaired) electrons. The second-order valence-electron chi connectivity index (χ2n) is 7.19. The minimum absolute atomic E-state index is 0.0347. The molecular weight excluding hydrogens is 580 g/mol. The summed E-state index contributed by atoms with van der Waals surface area (Å²) in [6, 6.07) is 14.8. The molecule has 1 aliphatic rings. The number of halogens is 3. The monoisotopic (exact) mass is 595 g/mol. The van der Waals surface area contributed by atoms with Gasteiger partial charge in [-0.15, -0.1) is 0 Å². The van der Waals surface area contributed by atoms with Gasteiger partial charge in [0.05, 0.1) is 10.7 Å². The fourth-order valence-corrected chi connectivity index (χ4v) is 4.74. The van der Waals surface area contributed by atoms with Gasteiger partial charge in [0.15, 0.2) is 5.11 Å². The largest absolute Gasteiger partial charge is 0.318 e. The van der Waals surface area contributed by atoms with E-state index in [1.807, 2.05) is 44.2 Å². The van der Waals surface area contributed by atoms with Crippen LogP contribution in [0.2, 0.25) is 10.0 Å². The number of carbonyl (C=O) groups excluding carboxylic acids is 2. The number of amides is 2. The van der Waals surface area contributed by atoms with Gasteiger partial charge in [-0.2, -0.15) is 0 Å². The smallest absolute Gasteiger partial charge is 0.270 e. The molecule has 162 valence electrons. The molecule has 32 heavy (non-hydrogen) atoms. The van der Waals surface area contributed by atoms with Crippen molar-refractivity contribution in [3.8, 4) is 5.69 Å². The van der Waals surface area contributed by atoms with Gasteiger partial charge in [0, 0.05) is 25.7 Å². The van der Waals surface area contributed by atoms with Crippen LogP contribution in [0.1, 0.15) is 17.0 Å². The number of anilines is 1. The maximum Gasteiger partial charge on any atom is 0.270 e. The van der Waals surface area contributed by atoms with E-state index < -0.39 is 11.8 Å². The molecule has 0 aliphatic carbocycles. The first-order valence-corrected chi connectivity index (χ1v) is 11.7. The Kier molecular flexibility index (Phi) is 6.44. The molecule has 9 heteroatoms. The minimum Gasteiger partial charge on any atom is -0.318 e. The highest BCUT2D eigenvalue weighted by Gasteiger charge is 2.35. The molecule has 0 bridgehead atoms. The summed E-state index contributed by atoms with van der Waals surface area (Å²) in [6.07, 6.45) is 1.59. The van der Waals surface area contributed by atoms with Crippen LogP contribution in [0.15, 0.2) is 54.1 Å². The summed E-state index contributed by atoms with van der Waals surface area (Å²) in [5.74, 6) is -1.11. The molecule has 3 aromatic rings. The summed E-state index contributed by atoms with van der Waals surface area (Å²) < 4.78 is 3.21. The molecule has 0 unspecified atom stereocenters. The van der Waals surface area contributed by atoms with Crippen LogP contribution in [0.25, 0.3) is 11.8 Å². The van der Waals surface area contributed by atoms with Gasteiger partial charge in [-0.25, -0.2) is 0 Å². The first-order chi connectivity index (χ1) is 15.2. The molecule has 1 saturated heterocycles. The van der Waals surface area contributed by atoms with Crippen LogP contribution in [0, 0.1) is 17.4 Å². The van der Waals surface area contributed by atoms with Crippen LogP contribution < -0.4 is 10.2 Å². The average molecular weight is 596 g/mol. The minimum atomic E-state index is -0.555. The highest BCUT2D eigenvalue weighted by molar-refractivity contribution is 14.1. The van der Waals surface area contributed by atoms with Crippen LogP contribution in [0.4, 0.5) is 5.69 Å². The van der Waals surface area contributed by atoms with E-state index in [0.29, 0.717) is 10.7 Å². The molecule has 5 nitrogen and oxygen atoms in total. The molecule has 4 rings (SSSR count). The van der Waals surface area contributed by atoms with Crippen molar-refractivity contribution in [3.63, 3.8) is 0 Å². The molecule has 0 spiro atoms. The molecule has 2 aromatic carbocycles. The fourth-order valence-electron chi connectivity index (χ4n) is 3.62. The van der Waals surface area contributed by atoms with Crippen molar-refractivity contribution >= 4 is 86.7 Å². The van der Waals surface area contributed by atoms with Crippen molar-refractivity contribution in [2.75, 3.05) is 4.90 Å². The second kappa shape index (κ2) is 8.97. The van der Waals surface area contributed by atoms with Crippen LogP contribution in [-0.2, 0) is 9.59 Å². The Balaban J connectivity index is 1.77. The van der Waals surface area contributed by atoms with Crippen LogP contribution in [-0.4, -0.2) is 21.5 Å². The summed E-state index contributed by atoms with van der Waals surface area (Å²) in [4.78, 5) is 27.2. The van der Waals surface area contributed by atoms with Crippen molar-refractivity contribution in [1.29, 1.82) is 0 Å². The topological polar surface area (TPSA) is 54.3 Å². The van der Waals surface area contributed by atoms with Crippen molar-refractivity contribution < 1.29 is 9.59 Å². The maximum absolute atomic E-state index is 13.3. The van der Waals surface area contributed by atoms with Crippen molar-refractivity contribution in [2.24, 2.45) is 0 Å². The zero-order valence-electron chi connectivity index (χ0n) is 16.9. The van der Waals surface area contributed by atoms with Crippen molar-refractivity contribution in [2.45, 2.75) is 13.8 Å². The summed E-state index contributed by atoms with van der Waals surface area (Å²) in [6.45, 7) is 3.92. The molecular formula is C23H16Cl2IN3O2S. The molecule has 1 aliphatic heterocycles. The van der Waals surface area contributed by atoms with E-state index in [2.05, 4.69) is 32.5 Å². The number of carbonyl (C=O) groups is 2. The van der Waals surface area contributed by atoms with E-state index in [-0.39, 0.29) is 15.7 Å². The van der Waals surface area contributed by atoms with Gasteiger partial charge in [0.1, 0.15) is 5.57 Å². The van der Waals surface area contributed by atoms with Gasteiger partial charge in [0.2, 0.25) is 0 Å². The lowest BCUT2D eigenvalue weighted by Crippen LogP contribution is -2.54. The first-order valence-electron chi connectivity index (χ1n) is 9.49. The molecule has 1 aromatic heterocycles. The number of aryl methyl sites for hydroxylation is 1. The quantitative estimate of drug-likeness (QED) is 0.179. The van der Waals surface area contributed by atoms with E-state index in [0.717, 1.165) is 26.2 Å². The number of aromatic nitrogens is 1. The number of rotatable bonds is 3. The third kappa shape index (κ3) is 4.22. The van der Waals surface area contributed by atoms with Gasteiger partial charge in [-0.3, -0.25) is 19.8 Å². The van der Waals surface area contributed by atoms with E-state index in [4.69, 9.17) is 35.4 Å². The van der Waals surface area contributed by atoms with E-state index >= 15 is 0 Å². The second-order valence-corrected chi connectivity index (χ2v) is 9.67. The number of nitrogens with one attached hydrogen (secondary N) is 1. The third-order valence-corrected chi connectivity index (χ3v) is 6.65. The lowest BCUT2D eigenvalue weighted by atomic mass is 10.1. The number of hydrogen-bond donors (Lipinski definition) is 1. The lowest BCUT2D eigenvalue weighted by Gasteiger charge is -2.29. The van der Waals surface area contributed by atoms with E-state index in [1.54, 1.807) is 18.2 Å². The summed E-state index contributed by atoms with van der Waals surface area (Å²) in [5, 5.41) is 3.22. The van der Waals surface area contributed by atoms with E-state index in [9.17, 15) is 9.59 Å². The Morgan fingerprint density at radius 1 is 1.03 bits per heavy atom. The van der Waals surface area contributed by atoms with Crippen LogP contribution in [0.3, 0.4) is 0 Å². The average Bonchev–Trinajstić information content (AvgIpc) is 3.00.